The maximum absolute atomic E-state index is 13.8. The predicted octanol–water partition coefficient (Wildman–Crippen LogP) is 4.26. The number of nitrogens with one attached hydrogen (secondary N) is 1. The van der Waals surface area contributed by atoms with Crippen molar-refractivity contribution in [3.05, 3.63) is 83.8 Å². The highest BCUT2D eigenvalue weighted by molar-refractivity contribution is 6.16. The van der Waals surface area contributed by atoms with Crippen LogP contribution in [0.3, 0.4) is 0 Å². The van der Waals surface area contributed by atoms with Gasteiger partial charge in [0, 0.05) is 25.1 Å². The molecule has 0 radical (unpaired) electrons. The number of rotatable bonds is 8. The lowest BCUT2D eigenvalue weighted by molar-refractivity contribution is -0.133. The van der Waals surface area contributed by atoms with Gasteiger partial charge < -0.3 is 19.4 Å². The van der Waals surface area contributed by atoms with Gasteiger partial charge in [-0.05, 0) is 35.2 Å². The average molecular weight is 524 g/mol. The van der Waals surface area contributed by atoms with Gasteiger partial charge in [-0.1, -0.05) is 43.0 Å². The van der Waals surface area contributed by atoms with Crippen LogP contribution >= 0.6 is 0 Å². The Labute approximate surface area is 218 Å². The number of ether oxygens (including phenoxy) is 1. The zero-order valence-electron chi connectivity index (χ0n) is 20.8. The Morgan fingerprint density at radius 1 is 1.18 bits per heavy atom. The number of piperidine rings is 1. The molecule has 1 saturated heterocycles. The minimum absolute atomic E-state index is 0.0556. The van der Waals surface area contributed by atoms with Crippen molar-refractivity contribution in [2.75, 3.05) is 20.2 Å². The van der Waals surface area contributed by atoms with Gasteiger partial charge in [-0.15, -0.1) is 0 Å². The number of benzene rings is 2. The van der Waals surface area contributed by atoms with Crippen molar-refractivity contribution in [2.24, 2.45) is 0 Å². The number of esters is 1. The summed E-state index contributed by atoms with van der Waals surface area (Å²) in [6.45, 7) is 3.49. The van der Waals surface area contributed by atoms with E-state index in [4.69, 9.17) is 9.15 Å². The number of likely N-dealkylation sites (tertiary alicyclic amines) is 1. The first-order chi connectivity index (χ1) is 18.2. The molecule has 38 heavy (non-hydrogen) atoms. The number of alkyl halides is 2. The highest BCUT2D eigenvalue weighted by Gasteiger charge is 2.38. The number of carbonyl (C=O) groups excluding carboxylic acids is 3. The first-order valence-corrected chi connectivity index (χ1v) is 12.0. The van der Waals surface area contributed by atoms with Crippen LogP contribution in [-0.4, -0.2) is 53.8 Å². The fourth-order valence-corrected chi connectivity index (χ4v) is 4.22. The van der Waals surface area contributed by atoms with Gasteiger partial charge in [-0.2, -0.15) is 0 Å². The third-order valence-corrected chi connectivity index (χ3v) is 6.20. The number of aromatic nitrogens is 1. The fraction of sp³-hybridized carbons (Fsp3) is 0.286. The molecule has 1 aliphatic heterocycles. The van der Waals surface area contributed by atoms with Crippen LogP contribution in [0.2, 0.25) is 0 Å². The minimum Gasteiger partial charge on any atom is -0.465 e. The first-order valence-electron chi connectivity index (χ1n) is 12.0. The SMILES string of the molecule is C=C(C(=O)OC)c1cc(-c2nc(C(=O)N3CCCC(F)(F)C3)co2)ccc1CNC(=O)Cc1ccccc1. The Morgan fingerprint density at radius 2 is 1.95 bits per heavy atom. The molecular weight excluding hydrogens is 496 g/mol. The molecule has 1 aliphatic rings. The summed E-state index contributed by atoms with van der Waals surface area (Å²) in [5, 5.41) is 2.84. The van der Waals surface area contributed by atoms with Gasteiger partial charge in [0.1, 0.15) is 6.26 Å². The molecule has 0 saturated carbocycles. The van der Waals surface area contributed by atoms with Crippen LogP contribution in [0.25, 0.3) is 17.0 Å². The molecule has 198 valence electrons. The summed E-state index contributed by atoms with van der Waals surface area (Å²) in [6, 6.07) is 14.2. The monoisotopic (exact) mass is 523 g/mol. The Bertz CT molecular complexity index is 1350. The number of nitrogens with zero attached hydrogens (tertiary/aromatic N) is 2. The zero-order valence-corrected chi connectivity index (χ0v) is 20.8. The van der Waals surface area contributed by atoms with Crippen molar-refractivity contribution in [3.63, 3.8) is 0 Å². The second-order valence-corrected chi connectivity index (χ2v) is 9.01. The van der Waals surface area contributed by atoms with Gasteiger partial charge >= 0.3 is 5.97 Å². The second-order valence-electron chi connectivity index (χ2n) is 9.01. The number of hydrogen-bond donors (Lipinski definition) is 1. The molecule has 0 aliphatic carbocycles. The molecular formula is C28H27F2N3O5. The van der Waals surface area contributed by atoms with Crippen LogP contribution in [0.5, 0.6) is 0 Å². The van der Waals surface area contributed by atoms with E-state index in [0.717, 1.165) is 16.7 Å². The van der Waals surface area contributed by atoms with Gasteiger partial charge in [0.05, 0.1) is 25.6 Å². The van der Waals surface area contributed by atoms with E-state index in [1.54, 1.807) is 18.2 Å². The topological polar surface area (TPSA) is 102 Å². The van der Waals surface area contributed by atoms with Crippen molar-refractivity contribution in [1.29, 1.82) is 0 Å². The van der Waals surface area contributed by atoms with E-state index in [-0.39, 0.29) is 55.4 Å². The molecule has 10 heteroatoms. The highest BCUT2D eigenvalue weighted by Crippen LogP contribution is 2.29. The van der Waals surface area contributed by atoms with E-state index >= 15 is 0 Å². The van der Waals surface area contributed by atoms with Gasteiger partial charge in [0.2, 0.25) is 11.8 Å². The van der Waals surface area contributed by atoms with Crippen LogP contribution in [0.4, 0.5) is 8.78 Å². The number of oxazole rings is 1. The molecule has 0 spiro atoms. The largest absolute Gasteiger partial charge is 0.465 e. The van der Waals surface area contributed by atoms with Crippen molar-refractivity contribution in [2.45, 2.75) is 31.7 Å². The normalized spacial score (nSPS) is 14.6. The van der Waals surface area contributed by atoms with E-state index in [0.29, 0.717) is 16.7 Å². The van der Waals surface area contributed by atoms with Gasteiger partial charge in [-0.3, -0.25) is 9.59 Å². The third kappa shape index (κ3) is 6.31. The van der Waals surface area contributed by atoms with E-state index < -0.39 is 24.3 Å². The van der Waals surface area contributed by atoms with Gasteiger partial charge in [0.15, 0.2) is 5.69 Å². The van der Waals surface area contributed by atoms with Crippen molar-refractivity contribution < 1.29 is 32.3 Å². The Morgan fingerprint density at radius 3 is 2.66 bits per heavy atom. The van der Waals surface area contributed by atoms with E-state index in [1.807, 2.05) is 30.3 Å². The van der Waals surface area contributed by atoms with Crippen LogP contribution < -0.4 is 5.32 Å². The number of carbonyl (C=O) groups is 3. The Kier molecular flexibility index (Phi) is 7.99. The summed E-state index contributed by atoms with van der Waals surface area (Å²) in [4.78, 5) is 42.7. The molecule has 3 aromatic rings. The van der Waals surface area contributed by atoms with Gasteiger partial charge in [0.25, 0.3) is 11.8 Å². The Hall–Kier alpha value is -4.34. The van der Waals surface area contributed by atoms with E-state index in [2.05, 4.69) is 16.9 Å². The van der Waals surface area contributed by atoms with Crippen molar-refractivity contribution in [1.82, 2.24) is 15.2 Å². The average Bonchev–Trinajstić information content (AvgIpc) is 3.41. The lowest BCUT2D eigenvalue weighted by Crippen LogP contribution is -2.45. The molecule has 4 rings (SSSR count). The van der Waals surface area contributed by atoms with Crippen LogP contribution in [0, 0.1) is 0 Å². The number of methoxy groups -OCH3 is 1. The fourth-order valence-electron chi connectivity index (χ4n) is 4.22. The molecule has 2 heterocycles. The molecule has 2 aromatic carbocycles. The second kappa shape index (κ2) is 11.4. The van der Waals surface area contributed by atoms with E-state index in [1.165, 1.54) is 7.11 Å². The summed E-state index contributed by atoms with van der Waals surface area (Å²) < 4.78 is 37.8. The standard InChI is InChI=1S/C28H27F2N3O5/c1-18(27(36)37-2)22-14-20(9-10-21(22)15-31-24(34)13-19-7-4-3-5-8-19)25-32-23(16-38-25)26(35)33-12-6-11-28(29,30)17-33/h3-5,7-10,14,16H,1,6,11-13,15,17H2,2H3,(H,31,34). The summed E-state index contributed by atoms with van der Waals surface area (Å²) in [5.41, 5.74) is 2.25. The Balaban J connectivity index is 1.53. The number of amides is 2. The molecule has 0 atom stereocenters. The molecule has 8 nitrogen and oxygen atoms in total. The molecule has 0 bridgehead atoms. The van der Waals surface area contributed by atoms with Crippen LogP contribution in [-0.2, 0) is 27.3 Å². The van der Waals surface area contributed by atoms with Crippen LogP contribution in [0.1, 0.15) is 40.0 Å². The molecule has 1 N–H and O–H groups in total. The lowest BCUT2D eigenvalue weighted by Gasteiger charge is -2.31. The highest BCUT2D eigenvalue weighted by atomic mass is 19.3. The molecule has 1 aromatic heterocycles. The molecule has 0 unspecified atom stereocenters. The number of hydrogen-bond acceptors (Lipinski definition) is 6. The van der Waals surface area contributed by atoms with Crippen molar-refractivity contribution >= 4 is 23.4 Å². The van der Waals surface area contributed by atoms with Crippen LogP contribution in [0.15, 0.2) is 65.8 Å². The number of halogens is 2. The molecule has 2 amide bonds. The summed E-state index contributed by atoms with van der Waals surface area (Å²) in [7, 11) is 1.23. The summed E-state index contributed by atoms with van der Waals surface area (Å²) in [5.74, 6) is -4.37. The lowest BCUT2D eigenvalue weighted by atomic mass is 9.97. The summed E-state index contributed by atoms with van der Waals surface area (Å²) >= 11 is 0. The van der Waals surface area contributed by atoms with Crippen molar-refractivity contribution in [3.8, 4) is 11.5 Å². The molecule has 1 fully saturated rings. The summed E-state index contributed by atoms with van der Waals surface area (Å²) in [6.07, 6.45) is 1.26. The van der Waals surface area contributed by atoms with Gasteiger partial charge in [-0.25, -0.2) is 18.6 Å². The quantitative estimate of drug-likeness (QED) is 0.350. The zero-order chi connectivity index (χ0) is 27.3. The maximum atomic E-state index is 13.8. The maximum Gasteiger partial charge on any atom is 0.337 e. The predicted molar refractivity (Wildman–Crippen MR) is 135 cm³/mol. The smallest absolute Gasteiger partial charge is 0.337 e. The van der Waals surface area contributed by atoms with E-state index in [9.17, 15) is 23.2 Å². The first kappa shape index (κ1) is 26.7. The minimum atomic E-state index is -2.93. The third-order valence-electron chi connectivity index (χ3n) is 6.20.